The van der Waals surface area contributed by atoms with E-state index in [-0.39, 0.29) is 18.3 Å². The van der Waals surface area contributed by atoms with Crippen molar-refractivity contribution >= 4 is 17.6 Å². The Morgan fingerprint density at radius 1 is 1.42 bits per heavy atom. The Morgan fingerprint density at radius 2 is 2.21 bits per heavy atom. The zero-order valence-electron chi connectivity index (χ0n) is 10.9. The third-order valence-electron chi connectivity index (χ3n) is 2.88. The Labute approximate surface area is 112 Å². The van der Waals surface area contributed by atoms with Crippen LogP contribution in [-0.4, -0.2) is 31.6 Å². The van der Waals surface area contributed by atoms with Gasteiger partial charge in [0.25, 0.3) is 0 Å². The van der Waals surface area contributed by atoms with Crippen molar-refractivity contribution < 1.29 is 19.1 Å². The van der Waals surface area contributed by atoms with E-state index >= 15 is 0 Å². The third-order valence-corrected chi connectivity index (χ3v) is 2.88. The highest BCUT2D eigenvalue weighted by atomic mass is 16.5. The average Bonchev–Trinajstić information content (AvgIpc) is 2.55. The molecule has 0 N–H and O–H groups in total. The van der Waals surface area contributed by atoms with Gasteiger partial charge in [0.2, 0.25) is 5.91 Å². The Hall–Kier alpha value is -2.04. The first kappa shape index (κ1) is 13.4. The van der Waals surface area contributed by atoms with Gasteiger partial charge in [0.15, 0.2) is 0 Å². The summed E-state index contributed by atoms with van der Waals surface area (Å²) in [5.41, 5.74) is 0.717. The number of carbonyl (C=O) groups excluding carboxylic acids is 2. The summed E-state index contributed by atoms with van der Waals surface area (Å²) >= 11 is 0. The van der Waals surface area contributed by atoms with Gasteiger partial charge >= 0.3 is 5.97 Å². The molecular weight excluding hydrogens is 246 g/mol. The molecule has 19 heavy (non-hydrogen) atoms. The molecule has 2 rings (SSSR count). The summed E-state index contributed by atoms with van der Waals surface area (Å²) in [5.74, 6) is 0.351. The number of nitrogens with zero attached hydrogens (tertiary/aromatic N) is 1. The van der Waals surface area contributed by atoms with Crippen molar-refractivity contribution in [1.82, 2.24) is 0 Å². The Bertz CT molecular complexity index is 472. The summed E-state index contributed by atoms with van der Waals surface area (Å²) in [6, 6.07) is 7.35. The molecule has 0 bridgehead atoms. The summed E-state index contributed by atoms with van der Waals surface area (Å²) in [4.78, 5) is 25.0. The van der Waals surface area contributed by atoms with Crippen LogP contribution >= 0.6 is 0 Å². The number of para-hydroxylation sites is 2. The van der Waals surface area contributed by atoms with Crippen LogP contribution in [0.25, 0.3) is 0 Å². The number of carbonyl (C=O) groups is 2. The van der Waals surface area contributed by atoms with Crippen LogP contribution in [0.1, 0.15) is 19.8 Å². The predicted octanol–water partition coefficient (Wildman–Crippen LogP) is 1.76. The maximum atomic E-state index is 12.0. The maximum absolute atomic E-state index is 12.0. The molecule has 1 amide bonds. The molecule has 1 aliphatic rings. The van der Waals surface area contributed by atoms with Crippen LogP contribution in [0.3, 0.4) is 0 Å². The average molecular weight is 263 g/mol. The third kappa shape index (κ3) is 3.24. The number of hydrogen-bond acceptors (Lipinski definition) is 4. The molecule has 0 unspecified atom stereocenters. The van der Waals surface area contributed by atoms with Crippen LogP contribution < -0.4 is 9.64 Å². The molecule has 1 aromatic rings. The summed E-state index contributed by atoms with van der Waals surface area (Å²) in [5, 5.41) is 0. The van der Waals surface area contributed by atoms with Crippen molar-refractivity contribution in [2.75, 3.05) is 24.7 Å². The lowest BCUT2D eigenvalue weighted by molar-refractivity contribution is -0.142. The van der Waals surface area contributed by atoms with Crippen molar-refractivity contribution in [3.63, 3.8) is 0 Å². The number of ether oxygens (including phenoxy) is 2. The minimum atomic E-state index is -0.294. The predicted molar refractivity (Wildman–Crippen MR) is 70.2 cm³/mol. The van der Waals surface area contributed by atoms with Crippen LogP contribution in [0, 0.1) is 0 Å². The van der Waals surface area contributed by atoms with Gasteiger partial charge in [0.1, 0.15) is 5.75 Å². The second kappa shape index (κ2) is 6.22. The largest absolute Gasteiger partial charge is 0.491 e. The highest BCUT2D eigenvalue weighted by molar-refractivity contribution is 5.96. The molecule has 0 saturated carbocycles. The number of hydrogen-bond donors (Lipinski definition) is 0. The van der Waals surface area contributed by atoms with Crippen LogP contribution in [0.15, 0.2) is 24.3 Å². The number of esters is 1. The van der Waals surface area contributed by atoms with E-state index in [4.69, 9.17) is 9.47 Å². The van der Waals surface area contributed by atoms with E-state index in [1.54, 1.807) is 11.8 Å². The second-order valence-electron chi connectivity index (χ2n) is 4.17. The number of rotatable bonds is 4. The molecule has 0 aromatic heterocycles. The van der Waals surface area contributed by atoms with Gasteiger partial charge in [-0.3, -0.25) is 9.59 Å². The topological polar surface area (TPSA) is 55.8 Å². The van der Waals surface area contributed by atoms with E-state index in [9.17, 15) is 9.59 Å². The summed E-state index contributed by atoms with van der Waals surface area (Å²) in [6.07, 6.45) is 0.505. The Kier molecular flexibility index (Phi) is 4.39. The molecule has 1 heterocycles. The van der Waals surface area contributed by atoms with Crippen molar-refractivity contribution in [1.29, 1.82) is 0 Å². The van der Waals surface area contributed by atoms with E-state index in [1.165, 1.54) is 0 Å². The molecule has 0 radical (unpaired) electrons. The zero-order valence-corrected chi connectivity index (χ0v) is 10.9. The molecule has 0 saturated heterocycles. The summed E-state index contributed by atoms with van der Waals surface area (Å²) in [6.45, 7) is 2.80. The van der Waals surface area contributed by atoms with Gasteiger partial charge in [-0.15, -0.1) is 0 Å². The zero-order chi connectivity index (χ0) is 13.7. The number of amides is 1. The van der Waals surface area contributed by atoms with Crippen molar-refractivity contribution in [2.24, 2.45) is 0 Å². The van der Waals surface area contributed by atoms with Crippen LogP contribution in [0.4, 0.5) is 5.69 Å². The van der Waals surface area contributed by atoms with Gasteiger partial charge in [-0.2, -0.15) is 0 Å². The molecule has 102 valence electrons. The van der Waals surface area contributed by atoms with Crippen LogP contribution in [0.2, 0.25) is 0 Å². The van der Waals surface area contributed by atoms with Gasteiger partial charge in [-0.25, -0.2) is 0 Å². The molecule has 1 aromatic carbocycles. The van der Waals surface area contributed by atoms with Crippen molar-refractivity contribution in [2.45, 2.75) is 19.8 Å². The molecule has 0 atom stereocenters. The van der Waals surface area contributed by atoms with Crippen molar-refractivity contribution in [3.8, 4) is 5.75 Å². The molecule has 5 nitrogen and oxygen atoms in total. The molecule has 0 spiro atoms. The van der Waals surface area contributed by atoms with Gasteiger partial charge in [0, 0.05) is 6.54 Å². The van der Waals surface area contributed by atoms with E-state index in [0.717, 1.165) is 0 Å². The summed E-state index contributed by atoms with van der Waals surface area (Å²) < 4.78 is 10.4. The standard InChI is InChI=1S/C14H17NO4/c1-2-18-14(17)7-9-15-11-5-3-4-6-12(11)19-10-8-13(15)16/h3-6H,2,7-10H2,1H3. The number of benzene rings is 1. The second-order valence-corrected chi connectivity index (χ2v) is 4.17. The first-order valence-corrected chi connectivity index (χ1v) is 6.40. The van der Waals surface area contributed by atoms with Crippen LogP contribution in [-0.2, 0) is 14.3 Å². The lowest BCUT2D eigenvalue weighted by atomic mass is 10.2. The lowest BCUT2D eigenvalue weighted by Crippen LogP contribution is -2.32. The smallest absolute Gasteiger partial charge is 0.307 e. The Morgan fingerprint density at radius 3 is 3.00 bits per heavy atom. The van der Waals surface area contributed by atoms with Gasteiger partial charge < -0.3 is 14.4 Å². The Balaban J connectivity index is 2.12. The van der Waals surface area contributed by atoms with Gasteiger partial charge in [-0.05, 0) is 19.1 Å². The molecular formula is C14H17NO4. The normalized spacial score (nSPS) is 14.4. The molecule has 0 fully saturated rings. The van der Waals surface area contributed by atoms with E-state index in [1.807, 2.05) is 24.3 Å². The quantitative estimate of drug-likeness (QED) is 0.777. The summed E-state index contributed by atoms with van der Waals surface area (Å²) in [7, 11) is 0. The highest BCUT2D eigenvalue weighted by Gasteiger charge is 2.23. The van der Waals surface area contributed by atoms with Crippen molar-refractivity contribution in [3.05, 3.63) is 24.3 Å². The lowest BCUT2D eigenvalue weighted by Gasteiger charge is -2.21. The minimum absolute atomic E-state index is 0.0331. The van der Waals surface area contributed by atoms with E-state index in [0.29, 0.717) is 37.6 Å². The fraction of sp³-hybridized carbons (Fsp3) is 0.429. The molecule has 0 aliphatic carbocycles. The minimum Gasteiger partial charge on any atom is -0.491 e. The van der Waals surface area contributed by atoms with E-state index < -0.39 is 0 Å². The number of anilines is 1. The van der Waals surface area contributed by atoms with Crippen LogP contribution in [0.5, 0.6) is 5.75 Å². The first-order valence-electron chi connectivity index (χ1n) is 6.40. The van der Waals surface area contributed by atoms with E-state index in [2.05, 4.69) is 0 Å². The first-order chi connectivity index (χ1) is 9.22. The van der Waals surface area contributed by atoms with Gasteiger partial charge in [0.05, 0.1) is 31.7 Å². The SMILES string of the molecule is CCOC(=O)CCN1C(=O)CCOc2ccccc21. The van der Waals surface area contributed by atoms with Gasteiger partial charge in [-0.1, -0.05) is 12.1 Å². The highest BCUT2D eigenvalue weighted by Crippen LogP contribution is 2.30. The molecule has 1 aliphatic heterocycles. The molecule has 5 heteroatoms. The fourth-order valence-electron chi connectivity index (χ4n) is 2.00. The number of fused-ring (bicyclic) bond motifs is 1. The maximum Gasteiger partial charge on any atom is 0.307 e. The monoisotopic (exact) mass is 263 g/mol. The fourth-order valence-corrected chi connectivity index (χ4v) is 2.00.